The first kappa shape index (κ1) is 17.8. The van der Waals surface area contributed by atoms with Crippen molar-refractivity contribution in [1.82, 2.24) is 20.8 Å². The van der Waals surface area contributed by atoms with Crippen molar-refractivity contribution in [3.05, 3.63) is 58.8 Å². The van der Waals surface area contributed by atoms with Crippen LogP contribution < -0.4 is 10.6 Å². The molecule has 0 saturated heterocycles. The Bertz CT molecular complexity index is 904. The summed E-state index contributed by atoms with van der Waals surface area (Å²) in [5, 5.41) is 9.56. The third-order valence-electron chi connectivity index (χ3n) is 3.59. The molecule has 2 N–H and O–H groups in total. The average Bonchev–Trinajstić information content (AvgIpc) is 3.30. The summed E-state index contributed by atoms with van der Waals surface area (Å²) >= 11 is 1.48. The van der Waals surface area contributed by atoms with Crippen molar-refractivity contribution in [2.24, 2.45) is 0 Å². The highest BCUT2D eigenvalue weighted by atomic mass is 32.1. The molecule has 0 radical (unpaired) electrons. The Balaban J connectivity index is 1.65. The van der Waals surface area contributed by atoms with Gasteiger partial charge >= 0.3 is 0 Å². The van der Waals surface area contributed by atoms with Crippen LogP contribution in [0.1, 0.15) is 41.0 Å². The lowest BCUT2D eigenvalue weighted by Crippen LogP contribution is -2.26. The molecule has 1 atom stereocenters. The van der Waals surface area contributed by atoms with Crippen LogP contribution in [0.3, 0.4) is 0 Å². The second-order valence-electron chi connectivity index (χ2n) is 5.69. The highest BCUT2D eigenvalue weighted by Crippen LogP contribution is 2.26. The Kier molecular flexibility index (Phi) is 5.43. The van der Waals surface area contributed by atoms with E-state index < -0.39 is 6.04 Å². The lowest BCUT2D eigenvalue weighted by Gasteiger charge is -2.09. The zero-order chi connectivity index (χ0) is 18.5. The monoisotopic (exact) mass is 370 g/mol. The molecule has 26 heavy (non-hydrogen) atoms. The lowest BCUT2D eigenvalue weighted by atomic mass is 10.2. The van der Waals surface area contributed by atoms with Gasteiger partial charge in [-0.05, 0) is 31.2 Å². The molecule has 3 aromatic rings. The quantitative estimate of drug-likeness (QED) is 0.695. The van der Waals surface area contributed by atoms with Gasteiger partial charge in [-0.1, -0.05) is 23.4 Å². The minimum Gasteiger partial charge on any atom is -0.351 e. The van der Waals surface area contributed by atoms with Gasteiger partial charge in [-0.25, -0.2) is 0 Å². The van der Waals surface area contributed by atoms with E-state index in [0.717, 1.165) is 9.75 Å². The van der Waals surface area contributed by atoms with Crippen molar-refractivity contribution < 1.29 is 14.1 Å². The number of carbonyl (C=O) groups is 2. The Morgan fingerprint density at radius 1 is 1.19 bits per heavy atom. The van der Waals surface area contributed by atoms with E-state index in [4.69, 9.17) is 4.52 Å². The van der Waals surface area contributed by atoms with E-state index in [-0.39, 0.29) is 11.8 Å². The molecule has 0 fully saturated rings. The Morgan fingerprint density at radius 2 is 1.96 bits per heavy atom. The predicted molar refractivity (Wildman–Crippen MR) is 97.5 cm³/mol. The van der Waals surface area contributed by atoms with Crippen molar-refractivity contribution >= 4 is 23.2 Å². The van der Waals surface area contributed by atoms with E-state index >= 15 is 0 Å². The Morgan fingerprint density at radius 3 is 2.69 bits per heavy atom. The summed E-state index contributed by atoms with van der Waals surface area (Å²) in [4.78, 5) is 29.4. The molecule has 0 aliphatic rings. The molecule has 8 heteroatoms. The number of nitrogens with zero attached hydrogens (tertiary/aromatic N) is 2. The van der Waals surface area contributed by atoms with Gasteiger partial charge in [0.1, 0.15) is 6.04 Å². The van der Waals surface area contributed by atoms with Gasteiger partial charge in [0.25, 0.3) is 5.91 Å². The van der Waals surface area contributed by atoms with Crippen LogP contribution in [-0.2, 0) is 11.3 Å². The molecular formula is C18H18N4O3S. The fourth-order valence-electron chi connectivity index (χ4n) is 2.25. The number of benzene rings is 1. The first-order chi connectivity index (χ1) is 12.5. The Labute approximate surface area is 154 Å². The van der Waals surface area contributed by atoms with E-state index in [0.29, 0.717) is 23.8 Å². The smallest absolute Gasteiger partial charge is 0.251 e. The molecule has 0 aliphatic carbocycles. The zero-order valence-electron chi connectivity index (χ0n) is 14.4. The minimum atomic E-state index is -0.414. The van der Waals surface area contributed by atoms with Gasteiger partial charge in [0.15, 0.2) is 0 Å². The van der Waals surface area contributed by atoms with Gasteiger partial charge < -0.3 is 15.2 Å². The maximum Gasteiger partial charge on any atom is 0.251 e. The number of amides is 2. The van der Waals surface area contributed by atoms with Crippen LogP contribution in [0.25, 0.3) is 10.7 Å². The number of nitrogens with one attached hydrogen (secondary N) is 2. The number of aromatic nitrogens is 2. The largest absolute Gasteiger partial charge is 0.351 e. The normalized spacial score (nSPS) is 11.8. The van der Waals surface area contributed by atoms with Crippen molar-refractivity contribution in [3.63, 3.8) is 0 Å². The second-order valence-corrected chi connectivity index (χ2v) is 6.86. The van der Waals surface area contributed by atoms with Gasteiger partial charge in [-0.15, -0.1) is 11.3 Å². The summed E-state index contributed by atoms with van der Waals surface area (Å²) in [5.74, 6) is 0.511. The fraction of sp³-hybridized carbons (Fsp3) is 0.222. The summed E-state index contributed by atoms with van der Waals surface area (Å²) in [7, 11) is 0. The summed E-state index contributed by atoms with van der Waals surface area (Å²) in [6.07, 6.45) is 0. The molecule has 2 aromatic heterocycles. The zero-order valence-corrected chi connectivity index (χ0v) is 15.2. The van der Waals surface area contributed by atoms with Crippen LogP contribution in [0.4, 0.5) is 0 Å². The van der Waals surface area contributed by atoms with Crippen LogP contribution in [0, 0.1) is 0 Å². The maximum atomic E-state index is 12.2. The van der Waals surface area contributed by atoms with Crippen molar-refractivity contribution in [3.8, 4) is 10.7 Å². The first-order valence-electron chi connectivity index (χ1n) is 8.06. The third kappa shape index (κ3) is 4.34. The molecule has 0 unspecified atom stereocenters. The van der Waals surface area contributed by atoms with Gasteiger partial charge in [0, 0.05) is 17.4 Å². The fourth-order valence-corrected chi connectivity index (χ4v) is 3.12. The van der Waals surface area contributed by atoms with Crippen molar-refractivity contribution in [2.75, 3.05) is 0 Å². The molecule has 2 heterocycles. The molecule has 134 valence electrons. The van der Waals surface area contributed by atoms with Crippen LogP contribution >= 0.6 is 11.3 Å². The van der Waals surface area contributed by atoms with E-state index in [9.17, 15) is 9.59 Å². The predicted octanol–water partition coefficient (Wildman–Crippen LogP) is 2.93. The van der Waals surface area contributed by atoms with Gasteiger partial charge in [-0.2, -0.15) is 4.98 Å². The summed E-state index contributed by atoms with van der Waals surface area (Å²) in [5.41, 5.74) is 0.569. The second kappa shape index (κ2) is 7.92. The minimum absolute atomic E-state index is 0.0789. The SMILES string of the molecule is CC(=O)NCc1ccc(-c2noc([C@H](C)NC(=O)c3ccccc3)n2)s1. The molecular weight excluding hydrogens is 352 g/mol. The topological polar surface area (TPSA) is 97.1 Å². The number of thiophene rings is 1. The molecule has 0 bridgehead atoms. The highest BCUT2D eigenvalue weighted by molar-refractivity contribution is 7.15. The van der Waals surface area contributed by atoms with Crippen LogP contribution in [-0.4, -0.2) is 22.0 Å². The molecule has 3 rings (SSSR count). The van der Waals surface area contributed by atoms with E-state index in [1.807, 2.05) is 18.2 Å². The van der Waals surface area contributed by atoms with E-state index in [2.05, 4.69) is 20.8 Å². The number of hydrogen-bond acceptors (Lipinski definition) is 6. The lowest BCUT2D eigenvalue weighted by molar-refractivity contribution is -0.119. The van der Waals surface area contributed by atoms with Crippen molar-refractivity contribution in [2.45, 2.75) is 26.4 Å². The Hall–Kier alpha value is -3.00. The summed E-state index contributed by atoms with van der Waals surface area (Å²) < 4.78 is 5.29. The number of hydrogen-bond donors (Lipinski definition) is 2. The number of carbonyl (C=O) groups excluding carboxylic acids is 2. The maximum absolute atomic E-state index is 12.2. The molecule has 0 aliphatic heterocycles. The van der Waals surface area contributed by atoms with Gasteiger partial charge in [0.2, 0.25) is 17.6 Å². The molecule has 2 amide bonds. The first-order valence-corrected chi connectivity index (χ1v) is 8.87. The van der Waals surface area contributed by atoms with Gasteiger partial charge in [0.05, 0.1) is 11.4 Å². The number of rotatable bonds is 6. The summed E-state index contributed by atoms with van der Waals surface area (Å²) in [6.45, 7) is 3.73. The molecule has 0 spiro atoms. The van der Waals surface area contributed by atoms with E-state index in [1.54, 1.807) is 31.2 Å². The molecule has 0 saturated carbocycles. The van der Waals surface area contributed by atoms with E-state index in [1.165, 1.54) is 18.3 Å². The van der Waals surface area contributed by atoms with Crippen LogP contribution in [0.2, 0.25) is 0 Å². The average molecular weight is 370 g/mol. The van der Waals surface area contributed by atoms with Crippen LogP contribution in [0.5, 0.6) is 0 Å². The highest BCUT2D eigenvalue weighted by Gasteiger charge is 2.18. The third-order valence-corrected chi connectivity index (χ3v) is 4.67. The molecule has 7 nitrogen and oxygen atoms in total. The van der Waals surface area contributed by atoms with Crippen LogP contribution in [0.15, 0.2) is 47.0 Å². The summed E-state index contributed by atoms with van der Waals surface area (Å²) in [6, 6.07) is 12.3. The molecule has 1 aromatic carbocycles. The standard InChI is InChI=1S/C18H18N4O3S/c1-11(20-17(24)13-6-4-3-5-7-13)18-21-16(22-25-18)15-9-8-14(26-15)10-19-12(2)23/h3-9,11H,10H2,1-2H3,(H,19,23)(H,20,24)/t11-/m0/s1. The van der Waals surface area contributed by atoms with Crippen molar-refractivity contribution in [1.29, 1.82) is 0 Å². The van der Waals surface area contributed by atoms with Gasteiger partial charge in [-0.3, -0.25) is 9.59 Å².